The van der Waals surface area contributed by atoms with Gasteiger partial charge in [0.25, 0.3) is 5.91 Å². The van der Waals surface area contributed by atoms with Gasteiger partial charge >= 0.3 is 0 Å². The maximum atomic E-state index is 12.1. The van der Waals surface area contributed by atoms with Crippen LogP contribution in [0.2, 0.25) is 0 Å². The van der Waals surface area contributed by atoms with E-state index in [0.29, 0.717) is 24.5 Å². The van der Waals surface area contributed by atoms with Crippen molar-refractivity contribution in [3.63, 3.8) is 0 Å². The molecule has 114 valence electrons. The highest BCUT2D eigenvalue weighted by Gasteiger charge is 2.23. The van der Waals surface area contributed by atoms with Gasteiger partial charge in [-0.1, -0.05) is 6.07 Å². The molecule has 0 radical (unpaired) electrons. The Morgan fingerprint density at radius 3 is 2.86 bits per heavy atom. The molecular formula is C15H21N3O3. The van der Waals surface area contributed by atoms with Gasteiger partial charge in [0.2, 0.25) is 5.91 Å². The summed E-state index contributed by atoms with van der Waals surface area (Å²) < 4.78 is 5.36. The fraction of sp³-hybridized carbons (Fsp3) is 0.467. The predicted molar refractivity (Wildman–Crippen MR) is 81.1 cm³/mol. The number of aryl methyl sites for hydroxylation is 1. The number of hydrogen-bond acceptors (Lipinski definition) is 4. The molecule has 1 aliphatic rings. The van der Waals surface area contributed by atoms with Gasteiger partial charge in [-0.3, -0.25) is 9.59 Å². The molecule has 6 heteroatoms. The van der Waals surface area contributed by atoms with Crippen LogP contribution in [0.3, 0.4) is 0 Å². The lowest BCUT2D eigenvalue weighted by Crippen LogP contribution is -2.27. The molecule has 1 aliphatic heterocycles. The molecule has 2 rings (SSSR count). The highest BCUT2D eigenvalue weighted by Crippen LogP contribution is 2.22. The number of hydrogen-bond donors (Lipinski definition) is 3. The lowest BCUT2D eigenvalue weighted by Gasteiger charge is -2.14. The third-order valence-electron chi connectivity index (χ3n) is 3.37. The summed E-state index contributed by atoms with van der Waals surface area (Å²) in [5, 5.41) is 5.61. The second-order valence-corrected chi connectivity index (χ2v) is 5.11. The van der Waals surface area contributed by atoms with Crippen molar-refractivity contribution in [2.45, 2.75) is 32.3 Å². The molecule has 4 N–H and O–H groups in total. The zero-order valence-corrected chi connectivity index (χ0v) is 12.1. The number of anilines is 2. The molecule has 1 heterocycles. The Kier molecular flexibility index (Phi) is 5.30. The summed E-state index contributed by atoms with van der Waals surface area (Å²) in [5.74, 6) is -0.279. The molecule has 1 fully saturated rings. The summed E-state index contributed by atoms with van der Waals surface area (Å²) in [6.45, 7) is 2.84. The number of amides is 2. The maximum Gasteiger partial charge on any atom is 0.253 e. The monoisotopic (exact) mass is 291 g/mol. The van der Waals surface area contributed by atoms with E-state index in [-0.39, 0.29) is 24.3 Å². The van der Waals surface area contributed by atoms with Gasteiger partial charge in [0.15, 0.2) is 0 Å². The van der Waals surface area contributed by atoms with Crippen LogP contribution >= 0.6 is 0 Å². The number of carbonyl (C=O) groups excluding carboxylic acids is 2. The van der Waals surface area contributed by atoms with Gasteiger partial charge in [0.05, 0.1) is 0 Å². The van der Waals surface area contributed by atoms with E-state index < -0.39 is 0 Å². The Labute approximate surface area is 124 Å². The second kappa shape index (κ2) is 7.19. The maximum absolute atomic E-state index is 12.1. The van der Waals surface area contributed by atoms with Crippen molar-refractivity contribution in [3.8, 4) is 0 Å². The fourth-order valence-electron chi connectivity index (χ4n) is 2.19. The summed E-state index contributed by atoms with van der Waals surface area (Å²) in [6, 6.07) is 5.39. The first kappa shape index (κ1) is 15.5. The SMILES string of the molecule is Cc1ccc(NC(=O)CCN)cc1NC(=O)C1CCCO1. The van der Waals surface area contributed by atoms with E-state index in [4.69, 9.17) is 10.5 Å². The smallest absolute Gasteiger partial charge is 0.253 e. The Bertz CT molecular complexity index is 525. The first-order chi connectivity index (χ1) is 10.1. The number of nitrogens with one attached hydrogen (secondary N) is 2. The third-order valence-corrected chi connectivity index (χ3v) is 3.37. The zero-order chi connectivity index (χ0) is 15.2. The predicted octanol–water partition coefficient (Wildman–Crippen LogP) is 1.40. The van der Waals surface area contributed by atoms with E-state index in [9.17, 15) is 9.59 Å². The van der Waals surface area contributed by atoms with Crippen LogP contribution in [-0.4, -0.2) is 31.1 Å². The van der Waals surface area contributed by atoms with E-state index in [2.05, 4.69) is 10.6 Å². The molecule has 21 heavy (non-hydrogen) atoms. The molecule has 1 unspecified atom stereocenters. The fourth-order valence-corrected chi connectivity index (χ4v) is 2.19. The molecule has 2 amide bonds. The minimum atomic E-state index is -0.375. The summed E-state index contributed by atoms with van der Waals surface area (Å²) >= 11 is 0. The van der Waals surface area contributed by atoms with Gasteiger partial charge < -0.3 is 21.1 Å². The van der Waals surface area contributed by atoms with Gasteiger partial charge in [-0.15, -0.1) is 0 Å². The Morgan fingerprint density at radius 2 is 2.19 bits per heavy atom. The van der Waals surface area contributed by atoms with Crippen LogP contribution in [0.4, 0.5) is 11.4 Å². The summed E-state index contributed by atoms with van der Waals surface area (Å²) in [5.41, 5.74) is 7.59. The molecule has 0 bridgehead atoms. The molecule has 1 saturated heterocycles. The lowest BCUT2D eigenvalue weighted by atomic mass is 10.1. The molecule has 0 aromatic heterocycles. The number of ether oxygens (including phenoxy) is 1. The van der Waals surface area contributed by atoms with Crippen molar-refractivity contribution in [3.05, 3.63) is 23.8 Å². The lowest BCUT2D eigenvalue weighted by molar-refractivity contribution is -0.124. The summed E-state index contributed by atoms with van der Waals surface area (Å²) in [6.07, 6.45) is 1.55. The van der Waals surface area contributed by atoms with Crippen LogP contribution in [-0.2, 0) is 14.3 Å². The number of benzene rings is 1. The molecule has 1 aromatic rings. The normalized spacial score (nSPS) is 17.5. The Hall–Kier alpha value is -1.92. The van der Waals surface area contributed by atoms with Gasteiger partial charge in [-0.25, -0.2) is 0 Å². The number of nitrogens with two attached hydrogens (primary N) is 1. The van der Waals surface area contributed by atoms with Crippen LogP contribution in [0.25, 0.3) is 0 Å². The van der Waals surface area contributed by atoms with Crippen LogP contribution in [0.15, 0.2) is 18.2 Å². The first-order valence-electron chi connectivity index (χ1n) is 7.13. The van der Waals surface area contributed by atoms with Crippen LogP contribution in [0, 0.1) is 6.92 Å². The van der Waals surface area contributed by atoms with Gasteiger partial charge in [-0.05, 0) is 37.5 Å². The molecule has 0 aliphatic carbocycles. The van der Waals surface area contributed by atoms with Crippen molar-refractivity contribution in [2.75, 3.05) is 23.8 Å². The largest absolute Gasteiger partial charge is 0.368 e. The second-order valence-electron chi connectivity index (χ2n) is 5.11. The highest BCUT2D eigenvalue weighted by molar-refractivity contribution is 5.96. The minimum Gasteiger partial charge on any atom is -0.368 e. The number of rotatable bonds is 5. The first-order valence-corrected chi connectivity index (χ1v) is 7.13. The van der Waals surface area contributed by atoms with E-state index in [1.165, 1.54) is 0 Å². The van der Waals surface area contributed by atoms with Crippen molar-refractivity contribution in [1.82, 2.24) is 0 Å². The van der Waals surface area contributed by atoms with Crippen molar-refractivity contribution in [2.24, 2.45) is 5.73 Å². The molecule has 6 nitrogen and oxygen atoms in total. The van der Waals surface area contributed by atoms with E-state index in [1.54, 1.807) is 12.1 Å². The summed E-state index contributed by atoms with van der Waals surface area (Å²) in [7, 11) is 0. The van der Waals surface area contributed by atoms with Gasteiger partial charge in [0, 0.05) is 30.9 Å². The Morgan fingerprint density at radius 1 is 1.38 bits per heavy atom. The van der Waals surface area contributed by atoms with E-state index in [0.717, 1.165) is 18.4 Å². The minimum absolute atomic E-state index is 0.138. The van der Waals surface area contributed by atoms with Crippen molar-refractivity contribution >= 4 is 23.2 Å². The van der Waals surface area contributed by atoms with Crippen LogP contribution in [0.5, 0.6) is 0 Å². The van der Waals surface area contributed by atoms with E-state index in [1.807, 2.05) is 13.0 Å². The molecule has 1 aromatic carbocycles. The topological polar surface area (TPSA) is 93.5 Å². The highest BCUT2D eigenvalue weighted by atomic mass is 16.5. The average Bonchev–Trinajstić information content (AvgIpc) is 2.97. The van der Waals surface area contributed by atoms with Crippen LogP contribution in [0.1, 0.15) is 24.8 Å². The van der Waals surface area contributed by atoms with Gasteiger partial charge in [0.1, 0.15) is 6.10 Å². The van der Waals surface area contributed by atoms with E-state index >= 15 is 0 Å². The quantitative estimate of drug-likeness (QED) is 0.764. The third kappa shape index (κ3) is 4.27. The average molecular weight is 291 g/mol. The Balaban J connectivity index is 2.04. The summed E-state index contributed by atoms with van der Waals surface area (Å²) in [4.78, 5) is 23.6. The molecule has 1 atom stereocenters. The standard InChI is InChI=1S/C15H21N3O3/c1-10-4-5-11(17-14(19)6-7-16)9-12(10)18-15(20)13-3-2-8-21-13/h4-5,9,13H,2-3,6-8,16H2,1H3,(H,17,19)(H,18,20). The van der Waals surface area contributed by atoms with Crippen molar-refractivity contribution in [1.29, 1.82) is 0 Å². The molecular weight excluding hydrogens is 270 g/mol. The van der Waals surface area contributed by atoms with Crippen molar-refractivity contribution < 1.29 is 14.3 Å². The number of carbonyl (C=O) groups is 2. The van der Waals surface area contributed by atoms with Gasteiger partial charge in [-0.2, -0.15) is 0 Å². The molecule has 0 saturated carbocycles. The zero-order valence-electron chi connectivity index (χ0n) is 12.1. The molecule has 0 spiro atoms. The van der Waals surface area contributed by atoms with Crippen LogP contribution < -0.4 is 16.4 Å².